The van der Waals surface area contributed by atoms with Crippen molar-refractivity contribution in [3.05, 3.63) is 139 Å². The van der Waals surface area contributed by atoms with Gasteiger partial charge in [0.2, 0.25) is 5.69 Å². The molecule has 2 heterocycles. The lowest BCUT2D eigenvalue weighted by molar-refractivity contribution is 1.30. The van der Waals surface area contributed by atoms with Gasteiger partial charge in [0.15, 0.2) is 0 Å². The lowest BCUT2D eigenvalue weighted by atomic mass is 9.86. The summed E-state index contributed by atoms with van der Waals surface area (Å²) in [6.07, 6.45) is 1.63. The van der Waals surface area contributed by atoms with Crippen LogP contribution in [0.4, 0.5) is 5.69 Å². The summed E-state index contributed by atoms with van der Waals surface area (Å²) in [5.41, 5.74) is 5.40. The number of fused-ring (bicyclic) bond motifs is 5. The summed E-state index contributed by atoms with van der Waals surface area (Å²) in [4.78, 5) is 13.4. The predicted molar refractivity (Wildman–Crippen MR) is 175 cm³/mol. The van der Waals surface area contributed by atoms with Gasteiger partial charge in [0.1, 0.15) is 0 Å². The molecule has 2 aromatic heterocycles. The molecule has 9 aromatic rings. The summed E-state index contributed by atoms with van der Waals surface area (Å²) in [7, 11) is 0. The van der Waals surface area contributed by atoms with Crippen LogP contribution in [0.15, 0.2) is 128 Å². The fourth-order valence-electron chi connectivity index (χ4n) is 6.80. The first-order valence-corrected chi connectivity index (χ1v) is 14.0. The van der Waals surface area contributed by atoms with Gasteiger partial charge in [-0.15, -0.1) is 0 Å². The summed E-state index contributed by atoms with van der Waals surface area (Å²) in [5, 5.41) is 13.4. The Bertz CT molecular complexity index is 2560. The van der Waals surface area contributed by atoms with Gasteiger partial charge in [0, 0.05) is 22.4 Å². The summed E-state index contributed by atoms with van der Waals surface area (Å²) >= 11 is 0. The van der Waals surface area contributed by atoms with Gasteiger partial charge in [-0.2, -0.15) is 0 Å². The molecule has 3 heteroatoms. The summed E-state index contributed by atoms with van der Waals surface area (Å²) in [6.45, 7) is 7.39. The smallest absolute Gasteiger partial charge is 0.205 e. The molecule has 0 saturated carbocycles. The molecule has 0 bridgehead atoms. The van der Waals surface area contributed by atoms with Crippen LogP contribution in [-0.2, 0) is 0 Å². The maximum Gasteiger partial charge on any atom is 0.205 e. The van der Waals surface area contributed by atoms with Crippen molar-refractivity contribution in [3.8, 4) is 22.5 Å². The summed E-state index contributed by atoms with van der Waals surface area (Å²) in [5.74, 6) is 0. The van der Waals surface area contributed by atoms with Crippen LogP contribution in [0.3, 0.4) is 0 Å². The Kier molecular flexibility index (Phi) is 4.68. The number of benzene rings is 7. The number of hydrogen-bond donors (Lipinski definition) is 0. The maximum atomic E-state index is 7.39. The normalized spacial score (nSPS) is 11.8. The number of rotatable bonds is 2. The van der Waals surface area contributed by atoms with Gasteiger partial charge >= 0.3 is 0 Å². The Morgan fingerprint density at radius 3 is 2.00 bits per heavy atom. The number of nitrogens with zero attached hydrogens (tertiary/aromatic N) is 3. The molecule has 9 rings (SSSR count). The third-order valence-corrected chi connectivity index (χ3v) is 8.64. The average molecular weight is 532 g/mol. The molecule has 0 unspecified atom stereocenters. The Balaban J connectivity index is 1.46. The molecule has 192 valence electrons. The van der Waals surface area contributed by atoms with Gasteiger partial charge in [0.05, 0.1) is 23.5 Å². The van der Waals surface area contributed by atoms with Crippen LogP contribution in [0.25, 0.3) is 92.1 Å². The highest BCUT2D eigenvalue weighted by Gasteiger charge is 2.19. The van der Waals surface area contributed by atoms with Crippen LogP contribution in [0, 0.1) is 6.57 Å². The topological polar surface area (TPSA) is 30.1 Å². The molecule has 0 fully saturated rings. The lowest BCUT2D eigenvalue weighted by Gasteiger charge is -2.18. The van der Waals surface area contributed by atoms with Gasteiger partial charge < -0.3 is 0 Å². The fraction of sp³-hybridized carbons (Fsp3) is 0. The largest absolute Gasteiger partial charge is 0.266 e. The van der Waals surface area contributed by atoms with Crippen molar-refractivity contribution in [2.24, 2.45) is 0 Å². The first-order chi connectivity index (χ1) is 20.8. The van der Waals surface area contributed by atoms with Crippen LogP contribution in [-0.4, -0.2) is 9.97 Å². The SMILES string of the molecule is [C-]#[N+]c1ccc(-c2nc3ccccc3c3c2cc(-c2ccc4ccc5cccc6ccc2c4c56)c2ccccc23)nc1. The number of hydrogen-bond acceptors (Lipinski definition) is 2. The molecular formula is C39H21N3. The van der Waals surface area contributed by atoms with Crippen LogP contribution in [0.1, 0.15) is 0 Å². The Hall–Kier alpha value is -5.85. The molecule has 0 aliphatic rings. The summed E-state index contributed by atoms with van der Waals surface area (Å²) < 4.78 is 0. The number of para-hydroxylation sites is 1. The van der Waals surface area contributed by atoms with Crippen molar-refractivity contribution in [1.82, 2.24) is 9.97 Å². The van der Waals surface area contributed by atoms with E-state index in [1.54, 1.807) is 6.20 Å². The van der Waals surface area contributed by atoms with Gasteiger partial charge in [-0.25, -0.2) is 9.83 Å². The molecule has 0 spiro atoms. The van der Waals surface area contributed by atoms with E-state index in [-0.39, 0.29) is 0 Å². The quantitative estimate of drug-likeness (QED) is 0.164. The standard InChI is InChI=1S/C39H21N3/c1-40-26-17-20-35(41-22-26)39-33-21-32(27-9-2-3-10-29(27)38(33)31-11-4-5-12-34(31)42-39)28-18-15-25-14-13-23-7-6-8-24-16-19-30(28)37(25)36(23)24/h2-22H. The third kappa shape index (κ3) is 3.15. The highest BCUT2D eigenvalue weighted by Crippen LogP contribution is 2.45. The van der Waals surface area contributed by atoms with Crippen molar-refractivity contribution in [2.75, 3.05) is 0 Å². The van der Waals surface area contributed by atoms with E-state index in [1.165, 1.54) is 59.6 Å². The first kappa shape index (κ1) is 22.9. The minimum atomic E-state index is 0.517. The molecule has 0 aliphatic heterocycles. The zero-order chi connectivity index (χ0) is 27.8. The van der Waals surface area contributed by atoms with E-state index in [1.807, 2.05) is 18.2 Å². The average Bonchev–Trinajstić information content (AvgIpc) is 3.06. The third-order valence-electron chi connectivity index (χ3n) is 8.64. The van der Waals surface area contributed by atoms with Crippen molar-refractivity contribution in [1.29, 1.82) is 0 Å². The highest BCUT2D eigenvalue weighted by atomic mass is 14.8. The molecule has 0 aliphatic carbocycles. The van der Waals surface area contributed by atoms with Crippen LogP contribution >= 0.6 is 0 Å². The minimum Gasteiger partial charge on any atom is -0.266 e. The van der Waals surface area contributed by atoms with E-state index in [0.717, 1.165) is 27.7 Å². The van der Waals surface area contributed by atoms with Gasteiger partial charge in [-0.05, 0) is 72.4 Å². The van der Waals surface area contributed by atoms with Crippen molar-refractivity contribution in [3.63, 3.8) is 0 Å². The predicted octanol–water partition coefficient (Wildman–Crippen LogP) is 10.7. The van der Waals surface area contributed by atoms with Gasteiger partial charge in [-0.1, -0.05) is 103 Å². The molecule has 0 N–H and O–H groups in total. The molecule has 42 heavy (non-hydrogen) atoms. The van der Waals surface area contributed by atoms with E-state index >= 15 is 0 Å². The van der Waals surface area contributed by atoms with Crippen molar-refractivity contribution in [2.45, 2.75) is 0 Å². The zero-order valence-electron chi connectivity index (χ0n) is 22.5. The summed E-state index contributed by atoms with van der Waals surface area (Å²) in [6, 6.07) is 43.1. The second-order valence-electron chi connectivity index (χ2n) is 10.9. The van der Waals surface area contributed by atoms with Crippen LogP contribution in [0.5, 0.6) is 0 Å². The van der Waals surface area contributed by atoms with Crippen LogP contribution < -0.4 is 0 Å². The maximum absolute atomic E-state index is 7.39. The van der Waals surface area contributed by atoms with Crippen molar-refractivity contribution < 1.29 is 0 Å². The minimum absolute atomic E-state index is 0.517. The van der Waals surface area contributed by atoms with E-state index < -0.39 is 0 Å². The molecule has 0 radical (unpaired) electrons. The second-order valence-corrected chi connectivity index (χ2v) is 10.9. The second kappa shape index (κ2) is 8.57. The first-order valence-electron chi connectivity index (χ1n) is 14.0. The number of pyridine rings is 2. The molecule has 3 nitrogen and oxygen atoms in total. The van der Waals surface area contributed by atoms with Crippen LogP contribution in [0.2, 0.25) is 0 Å². The molecule has 0 saturated heterocycles. The van der Waals surface area contributed by atoms with E-state index in [4.69, 9.17) is 11.6 Å². The fourth-order valence-corrected chi connectivity index (χ4v) is 6.80. The monoisotopic (exact) mass is 531 g/mol. The Morgan fingerprint density at radius 2 is 1.21 bits per heavy atom. The number of aromatic nitrogens is 2. The Morgan fingerprint density at radius 1 is 0.500 bits per heavy atom. The molecule has 0 atom stereocenters. The molecule has 0 amide bonds. The lowest BCUT2D eigenvalue weighted by Crippen LogP contribution is -1.94. The molecular weight excluding hydrogens is 510 g/mol. The molecule has 7 aromatic carbocycles. The van der Waals surface area contributed by atoms with E-state index in [0.29, 0.717) is 5.69 Å². The Labute approximate surface area is 241 Å². The van der Waals surface area contributed by atoms with Gasteiger partial charge in [0.25, 0.3) is 0 Å². The van der Waals surface area contributed by atoms with Gasteiger partial charge in [-0.3, -0.25) is 4.98 Å². The van der Waals surface area contributed by atoms with E-state index in [2.05, 4.69) is 113 Å². The zero-order valence-corrected chi connectivity index (χ0v) is 22.5. The highest BCUT2D eigenvalue weighted by molar-refractivity contribution is 6.29. The van der Waals surface area contributed by atoms with E-state index in [9.17, 15) is 0 Å². The van der Waals surface area contributed by atoms with Crippen molar-refractivity contribution >= 4 is 70.5 Å².